The minimum absolute atomic E-state index is 0.248. The van der Waals surface area contributed by atoms with E-state index in [1.54, 1.807) is 11.6 Å². The number of hydrogen-bond donors (Lipinski definition) is 0. The largest absolute Gasteiger partial charge is 0.205 e. The predicted octanol–water partition coefficient (Wildman–Crippen LogP) is 5.61. The van der Waals surface area contributed by atoms with Gasteiger partial charge in [-0.1, -0.05) is 36.1 Å². The molecule has 2 heteroatoms. The Morgan fingerprint density at radius 1 is 1.06 bits per heavy atom. The quantitative estimate of drug-likeness (QED) is 0.652. The Kier molecular flexibility index (Phi) is 3.43. The fraction of sp³-hybridized carbons (Fsp3) is 0.500. The molecule has 2 aliphatic carbocycles. The van der Waals surface area contributed by atoms with Gasteiger partial charge in [-0.2, -0.15) is 0 Å². The molecule has 18 heavy (non-hydrogen) atoms. The topological polar surface area (TPSA) is 0 Å². The molecule has 1 aromatic carbocycles. The first-order chi connectivity index (χ1) is 8.75. The average molecular weight is 265 g/mol. The van der Waals surface area contributed by atoms with Gasteiger partial charge in [0.2, 0.25) is 0 Å². The maximum Gasteiger partial charge on any atom is 0.141 e. The van der Waals surface area contributed by atoms with Crippen LogP contribution in [0.15, 0.2) is 23.8 Å². The number of hydrogen-bond acceptors (Lipinski definition) is 0. The summed E-state index contributed by atoms with van der Waals surface area (Å²) in [5.74, 6) is 0.466. The average Bonchev–Trinajstić information content (AvgIpc) is 3.00. The van der Waals surface area contributed by atoms with Gasteiger partial charge in [-0.3, -0.25) is 0 Å². The number of allylic oxidation sites excluding steroid dienone is 2. The molecule has 0 atom stereocenters. The normalized spacial score (nSPS) is 21.0. The van der Waals surface area contributed by atoms with Gasteiger partial charge in [-0.15, -0.1) is 0 Å². The molecule has 1 aromatic rings. The summed E-state index contributed by atoms with van der Waals surface area (Å²) in [5.41, 5.74) is 4.22. The smallest absolute Gasteiger partial charge is 0.141 e. The Morgan fingerprint density at radius 3 is 2.56 bits per heavy atom. The standard InChI is InChI=1S/C16H18ClF/c17-15-10-12(8-9-16(15)18)14-7-3-6-13(14)11-4-1-2-5-11/h8-11H,1-7H2. The van der Waals surface area contributed by atoms with E-state index in [0.29, 0.717) is 0 Å². The summed E-state index contributed by atoms with van der Waals surface area (Å²) < 4.78 is 13.2. The van der Waals surface area contributed by atoms with Crippen LogP contribution >= 0.6 is 11.6 Å². The lowest BCUT2D eigenvalue weighted by Gasteiger charge is -2.14. The molecule has 1 fully saturated rings. The summed E-state index contributed by atoms with van der Waals surface area (Å²) in [7, 11) is 0. The highest BCUT2D eigenvalue weighted by molar-refractivity contribution is 6.30. The molecule has 3 rings (SSSR count). The lowest BCUT2D eigenvalue weighted by Crippen LogP contribution is -1.98. The van der Waals surface area contributed by atoms with Crippen LogP contribution in [0.2, 0.25) is 5.02 Å². The van der Waals surface area contributed by atoms with Crippen molar-refractivity contribution in [1.82, 2.24) is 0 Å². The first kappa shape index (κ1) is 12.2. The summed E-state index contributed by atoms with van der Waals surface area (Å²) in [6, 6.07) is 5.18. The zero-order valence-electron chi connectivity index (χ0n) is 10.5. The Morgan fingerprint density at radius 2 is 1.83 bits per heavy atom. The van der Waals surface area contributed by atoms with Gasteiger partial charge in [-0.25, -0.2) is 4.39 Å². The summed E-state index contributed by atoms with van der Waals surface area (Å²) in [5, 5.41) is 0.248. The molecule has 0 aliphatic heterocycles. The van der Waals surface area contributed by atoms with Crippen LogP contribution in [-0.4, -0.2) is 0 Å². The van der Waals surface area contributed by atoms with E-state index in [1.807, 2.05) is 6.07 Å². The molecule has 0 radical (unpaired) electrons. The van der Waals surface area contributed by atoms with Crippen LogP contribution < -0.4 is 0 Å². The van der Waals surface area contributed by atoms with E-state index in [4.69, 9.17) is 11.6 Å². The van der Waals surface area contributed by atoms with Crippen molar-refractivity contribution in [3.05, 3.63) is 40.2 Å². The third-order valence-corrected chi connectivity index (χ3v) is 4.67. The molecule has 0 unspecified atom stereocenters. The Hall–Kier alpha value is -0.820. The maximum absolute atomic E-state index is 13.2. The zero-order chi connectivity index (χ0) is 12.5. The molecular weight excluding hydrogens is 247 g/mol. The van der Waals surface area contributed by atoms with Crippen molar-refractivity contribution >= 4 is 17.2 Å². The molecule has 0 amide bonds. The SMILES string of the molecule is Fc1ccc(C2=C(C3CCCC3)CCC2)cc1Cl. The van der Waals surface area contributed by atoms with Gasteiger partial charge in [0, 0.05) is 0 Å². The second-order valence-electron chi connectivity index (χ2n) is 5.47. The molecule has 0 bridgehead atoms. The van der Waals surface area contributed by atoms with E-state index < -0.39 is 0 Å². The molecule has 0 spiro atoms. The molecule has 96 valence electrons. The van der Waals surface area contributed by atoms with Crippen LogP contribution in [0, 0.1) is 11.7 Å². The molecular formula is C16H18ClF. The van der Waals surface area contributed by atoms with Crippen LogP contribution in [0.5, 0.6) is 0 Å². The van der Waals surface area contributed by atoms with Crippen molar-refractivity contribution in [1.29, 1.82) is 0 Å². The van der Waals surface area contributed by atoms with Gasteiger partial charge in [0.05, 0.1) is 5.02 Å². The van der Waals surface area contributed by atoms with Gasteiger partial charge in [0.25, 0.3) is 0 Å². The number of benzene rings is 1. The van der Waals surface area contributed by atoms with Crippen molar-refractivity contribution in [2.24, 2.45) is 5.92 Å². The van der Waals surface area contributed by atoms with Crippen LogP contribution in [0.3, 0.4) is 0 Å². The number of rotatable bonds is 2. The predicted molar refractivity (Wildman–Crippen MR) is 74.1 cm³/mol. The van der Waals surface area contributed by atoms with E-state index in [9.17, 15) is 4.39 Å². The molecule has 1 saturated carbocycles. The van der Waals surface area contributed by atoms with Crippen LogP contribution in [0.25, 0.3) is 5.57 Å². The minimum atomic E-state index is -0.318. The van der Waals surface area contributed by atoms with Gasteiger partial charge in [0.1, 0.15) is 5.82 Å². The number of halogens is 2. The zero-order valence-corrected chi connectivity index (χ0v) is 11.3. The first-order valence-electron chi connectivity index (χ1n) is 6.93. The second-order valence-corrected chi connectivity index (χ2v) is 5.87. The van der Waals surface area contributed by atoms with Gasteiger partial charge in [-0.05, 0) is 61.3 Å². The van der Waals surface area contributed by atoms with Crippen molar-refractivity contribution in [2.75, 3.05) is 0 Å². The van der Waals surface area contributed by atoms with E-state index in [-0.39, 0.29) is 10.8 Å². The third-order valence-electron chi connectivity index (χ3n) is 4.38. The lowest BCUT2D eigenvalue weighted by molar-refractivity contribution is 0.621. The summed E-state index contributed by atoms with van der Waals surface area (Å²) in [6.07, 6.45) is 9.03. The lowest BCUT2D eigenvalue weighted by atomic mass is 9.91. The second kappa shape index (κ2) is 5.05. The Bertz CT molecular complexity index is 484. The Balaban J connectivity index is 1.97. The van der Waals surface area contributed by atoms with Gasteiger partial charge < -0.3 is 0 Å². The highest BCUT2D eigenvalue weighted by Gasteiger charge is 2.26. The molecule has 2 aliphatic rings. The molecule has 0 heterocycles. The maximum atomic E-state index is 13.2. The van der Waals surface area contributed by atoms with E-state index >= 15 is 0 Å². The highest BCUT2D eigenvalue weighted by atomic mass is 35.5. The fourth-order valence-corrected chi connectivity index (χ4v) is 3.69. The summed E-state index contributed by atoms with van der Waals surface area (Å²) in [4.78, 5) is 0. The van der Waals surface area contributed by atoms with Crippen molar-refractivity contribution in [3.8, 4) is 0 Å². The fourth-order valence-electron chi connectivity index (χ4n) is 3.51. The van der Waals surface area contributed by atoms with Crippen molar-refractivity contribution in [3.63, 3.8) is 0 Å². The van der Waals surface area contributed by atoms with E-state index in [1.165, 1.54) is 50.2 Å². The van der Waals surface area contributed by atoms with Crippen molar-refractivity contribution in [2.45, 2.75) is 44.9 Å². The molecule has 0 nitrogen and oxygen atoms in total. The molecule has 0 saturated heterocycles. The van der Waals surface area contributed by atoms with Gasteiger partial charge in [0.15, 0.2) is 0 Å². The molecule has 0 N–H and O–H groups in total. The van der Waals surface area contributed by atoms with Crippen LogP contribution in [0.4, 0.5) is 4.39 Å². The van der Waals surface area contributed by atoms with Gasteiger partial charge >= 0.3 is 0 Å². The van der Waals surface area contributed by atoms with E-state index in [0.717, 1.165) is 17.9 Å². The minimum Gasteiger partial charge on any atom is -0.205 e. The summed E-state index contributed by atoms with van der Waals surface area (Å²) >= 11 is 5.90. The molecule has 0 aromatic heterocycles. The first-order valence-corrected chi connectivity index (χ1v) is 7.31. The third kappa shape index (κ3) is 2.21. The Labute approximate surface area is 113 Å². The van der Waals surface area contributed by atoms with E-state index in [2.05, 4.69) is 0 Å². The van der Waals surface area contributed by atoms with Crippen molar-refractivity contribution < 1.29 is 4.39 Å². The summed E-state index contributed by atoms with van der Waals surface area (Å²) in [6.45, 7) is 0. The highest BCUT2D eigenvalue weighted by Crippen LogP contribution is 2.43. The monoisotopic (exact) mass is 264 g/mol. The van der Waals surface area contributed by atoms with Crippen LogP contribution in [0.1, 0.15) is 50.5 Å². The van der Waals surface area contributed by atoms with Crippen LogP contribution in [-0.2, 0) is 0 Å².